The SMILES string of the molecule is COCCn1c(C)nnc1SCc1ccc(C#N)cc1. The van der Waals surface area contributed by atoms with Gasteiger partial charge in [-0.3, -0.25) is 0 Å². The zero-order valence-corrected chi connectivity index (χ0v) is 12.4. The molecular weight excluding hydrogens is 272 g/mol. The van der Waals surface area contributed by atoms with E-state index in [1.807, 2.05) is 31.2 Å². The molecule has 104 valence electrons. The number of nitriles is 1. The van der Waals surface area contributed by atoms with Crippen LogP contribution in [0.4, 0.5) is 0 Å². The molecule has 0 unspecified atom stereocenters. The Labute approximate surface area is 122 Å². The number of rotatable bonds is 6. The topological polar surface area (TPSA) is 63.7 Å². The molecule has 20 heavy (non-hydrogen) atoms. The molecule has 2 aromatic rings. The normalized spacial score (nSPS) is 10.4. The van der Waals surface area contributed by atoms with Crippen molar-refractivity contribution in [3.63, 3.8) is 0 Å². The average molecular weight is 288 g/mol. The van der Waals surface area contributed by atoms with Crippen molar-refractivity contribution in [2.24, 2.45) is 0 Å². The molecule has 0 spiro atoms. The van der Waals surface area contributed by atoms with Crippen molar-refractivity contribution >= 4 is 11.8 Å². The molecule has 0 aliphatic rings. The monoisotopic (exact) mass is 288 g/mol. The van der Waals surface area contributed by atoms with Gasteiger partial charge in [0.25, 0.3) is 0 Å². The van der Waals surface area contributed by atoms with E-state index in [1.165, 1.54) is 0 Å². The van der Waals surface area contributed by atoms with Crippen molar-refractivity contribution in [1.29, 1.82) is 5.26 Å². The summed E-state index contributed by atoms with van der Waals surface area (Å²) in [7, 11) is 1.68. The molecule has 1 aromatic carbocycles. The van der Waals surface area contributed by atoms with Gasteiger partial charge in [0.1, 0.15) is 5.82 Å². The highest BCUT2D eigenvalue weighted by atomic mass is 32.2. The largest absolute Gasteiger partial charge is 0.383 e. The van der Waals surface area contributed by atoms with Crippen molar-refractivity contribution in [2.45, 2.75) is 24.4 Å². The van der Waals surface area contributed by atoms with Crippen molar-refractivity contribution in [2.75, 3.05) is 13.7 Å². The van der Waals surface area contributed by atoms with Crippen LogP contribution in [0, 0.1) is 18.3 Å². The van der Waals surface area contributed by atoms with Crippen LogP contribution >= 0.6 is 11.8 Å². The van der Waals surface area contributed by atoms with E-state index >= 15 is 0 Å². The lowest BCUT2D eigenvalue weighted by Gasteiger charge is -2.07. The predicted molar refractivity (Wildman–Crippen MR) is 77.4 cm³/mol. The Kier molecular flexibility index (Phi) is 5.16. The van der Waals surface area contributed by atoms with Crippen LogP contribution in [0.15, 0.2) is 29.4 Å². The van der Waals surface area contributed by atoms with Gasteiger partial charge in [-0.2, -0.15) is 5.26 Å². The number of ether oxygens (including phenoxy) is 1. The number of benzene rings is 1. The van der Waals surface area contributed by atoms with Crippen molar-refractivity contribution in [1.82, 2.24) is 14.8 Å². The minimum absolute atomic E-state index is 0.642. The van der Waals surface area contributed by atoms with E-state index in [0.29, 0.717) is 12.2 Å². The fourth-order valence-corrected chi connectivity index (χ4v) is 2.70. The van der Waals surface area contributed by atoms with Crippen LogP contribution < -0.4 is 0 Å². The summed E-state index contributed by atoms with van der Waals surface area (Å²) in [5.41, 5.74) is 1.84. The van der Waals surface area contributed by atoms with Crippen LogP contribution in [0.25, 0.3) is 0 Å². The Hall–Kier alpha value is -1.84. The van der Waals surface area contributed by atoms with Crippen LogP contribution in [0.3, 0.4) is 0 Å². The van der Waals surface area contributed by atoms with Gasteiger partial charge in [-0.05, 0) is 24.6 Å². The second kappa shape index (κ2) is 7.08. The van der Waals surface area contributed by atoms with Gasteiger partial charge in [-0.1, -0.05) is 23.9 Å². The van der Waals surface area contributed by atoms with Gasteiger partial charge >= 0.3 is 0 Å². The molecule has 0 N–H and O–H groups in total. The molecule has 0 fully saturated rings. The molecule has 0 saturated heterocycles. The number of hydrogen-bond acceptors (Lipinski definition) is 5. The first kappa shape index (κ1) is 14.6. The van der Waals surface area contributed by atoms with Gasteiger partial charge in [0, 0.05) is 19.4 Å². The molecule has 0 aliphatic heterocycles. The highest BCUT2D eigenvalue weighted by Crippen LogP contribution is 2.22. The zero-order valence-electron chi connectivity index (χ0n) is 11.5. The Morgan fingerprint density at radius 3 is 2.70 bits per heavy atom. The lowest BCUT2D eigenvalue weighted by atomic mass is 10.2. The highest BCUT2D eigenvalue weighted by Gasteiger charge is 2.09. The van der Waals surface area contributed by atoms with Crippen molar-refractivity contribution < 1.29 is 4.74 Å². The summed E-state index contributed by atoms with van der Waals surface area (Å²) in [4.78, 5) is 0. The third-order valence-corrected chi connectivity index (χ3v) is 3.91. The molecule has 0 atom stereocenters. The first-order valence-electron chi connectivity index (χ1n) is 6.25. The first-order chi connectivity index (χ1) is 9.74. The summed E-state index contributed by atoms with van der Waals surface area (Å²) >= 11 is 1.64. The van der Waals surface area contributed by atoms with Crippen LogP contribution in [0.2, 0.25) is 0 Å². The minimum Gasteiger partial charge on any atom is -0.383 e. The summed E-state index contributed by atoms with van der Waals surface area (Å²) in [6.07, 6.45) is 0. The van der Waals surface area contributed by atoms with Crippen LogP contribution in [-0.2, 0) is 17.0 Å². The summed E-state index contributed by atoms with van der Waals surface area (Å²) in [6, 6.07) is 9.71. The Balaban J connectivity index is 2.01. The summed E-state index contributed by atoms with van der Waals surface area (Å²) in [5, 5.41) is 17.9. The smallest absolute Gasteiger partial charge is 0.191 e. The lowest BCUT2D eigenvalue weighted by Crippen LogP contribution is -2.07. The van der Waals surface area contributed by atoms with Gasteiger partial charge in [0.2, 0.25) is 0 Å². The van der Waals surface area contributed by atoms with Crippen LogP contribution in [0.5, 0.6) is 0 Å². The number of aryl methyl sites for hydroxylation is 1. The molecule has 1 aromatic heterocycles. The van der Waals surface area contributed by atoms with Crippen LogP contribution in [-0.4, -0.2) is 28.5 Å². The van der Waals surface area contributed by atoms with Gasteiger partial charge in [-0.15, -0.1) is 10.2 Å². The number of thioether (sulfide) groups is 1. The maximum atomic E-state index is 8.77. The molecule has 2 rings (SSSR count). The Morgan fingerprint density at radius 1 is 1.30 bits per heavy atom. The van der Waals surface area contributed by atoms with Gasteiger partial charge < -0.3 is 9.30 Å². The molecule has 5 nitrogen and oxygen atoms in total. The van der Waals surface area contributed by atoms with Gasteiger partial charge in [0.15, 0.2) is 5.16 Å². The van der Waals surface area contributed by atoms with E-state index in [1.54, 1.807) is 18.9 Å². The van der Waals surface area contributed by atoms with Gasteiger partial charge in [0.05, 0.1) is 18.2 Å². The molecule has 0 bridgehead atoms. The van der Waals surface area contributed by atoms with E-state index in [0.717, 1.165) is 28.8 Å². The average Bonchev–Trinajstić information content (AvgIpc) is 2.84. The van der Waals surface area contributed by atoms with Crippen molar-refractivity contribution in [3.05, 3.63) is 41.2 Å². The zero-order chi connectivity index (χ0) is 14.4. The Morgan fingerprint density at radius 2 is 2.05 bits per heavy atom. The molecule has 0 aliphatic carbocycles. The highest BCUT2D eigenvalue weighted by molar-refractivity contribution is 7.98. The number of hydrogen-bond donors (Lipinski definition) is 0. The molecule has 1 heterocycles. The summed E-state index contributed by atoms with van der Waals surface area (Å²) in [6.45, 7) is 3.34. The number of methoxy groups -OCH3 is 1. The molecule has 0 amide bonds. The van der Waals surface area contributed by atoms with E-state index in [9.17, 15) is 0 Å². The maximum absolute atomic E-state index is 8.77. The predicted octanol–water partition coefficient (Wildman–Crippen LogP) is 2.40. The van der Waals surface area contributed by atoms with E-state index in [2.05, 4.69) is 20.8 Å². The number of nitrogens with zero attached hydrogens (tertiary/aromatic N) is 4. The summed E-state index contributed by atoms with van der Waals surface area (Å²) < 4.78 is 7.15. The molecule has 0 radical (unpaired) electrons. The third-order valence-electron chi connectivity index (χ3n) is 2.87. The van der Waals surface area contributed by atoms with E-state index < -0.39 is 0 Å². The molecule has 0 saturated carbocycles. The van der Waals surface area contributed by atoms with E-state index in [-0.39, 0.29) is 0 Å². The van der Waals surface area contributed by atoms with Gasteiger partial charge in [-0.25, -0.2) is 0 Å². The van der Waals surface area contributed by atoms with Crippen molar-refractivity contribution in [3.8, 4) is 6.07 Å². The molecular formula is C14H16N4OS. The second-order valence-electron chi connectivity index (χ2n) is 4.27. The van der Waals surface area contributed by atoms with Crippen LogP contribution in [0.1, 0.15) is 17.0 Å². The third kappa shape index (κ3) is 3.59. The quantitative estimate of drug-likeness (QED) is 0.764. The first-order valence-corrected chi connectivity index (χ1v) is 7.23. The maximum Gasteiger partial charge on any atom is 0.191 e. The second-order valence-corrected chi connectivity index (χ2v) is 5.21. The molecule has 6 heteroatoms. The fraction of sp³-hybridized carbons (Fsp3) is 0.357. The summed E-state index contributed by atoms with van der Waals surface area (Å²) in [5.74, 6) is 1.70. The standard InChI is InChI=1S/C14H16N4OS/c1-11-16-17-14(18(11)7-8-19-2)20-10-13-5-3-12(9-15)4-6-13/h3-6H,7-8,10H2,1-2H3. The Bertz CT molecular complexity index is 601. The fourth-order valence-electron chi connectivity index (χ4n) is 1.73. The minimum atomic E-state index is 0.642. The number of aromatic nitrogens is 3. The lowest BCUT2D eigenvalue weighted by molar-refractivity contribution is 0.184. The van der Waals surface area contributed by atoms with E-state index in [4.69, 9.17) is 10.00 Å².